The first kappa shape index (κ1) is 19.5. The predicted molar refractivity (Wildman–Crippen MR) is 123 cm³/mol. The number of ketones is 1. The molecule has 31 heavy (non-hydrogen) atoms. The van der Waals surface area contributed by atoms with Crippen molar-refractivity contribution in [1.29, 1.82) is 0 Å². The average molecular weight is 412 g/mol. The molecule has 2 aromatic carbocycles. The molecule has 1 atom stereocenters. The predicted octanol–water partition coefficient (Wildman–Crippen LogP) is 6.07. The van der Waals surface area contributed by atoms with E-state index in [9.17, 15) is 9.70 Å². The van der Waals surface area contributed by atoms with Crippen molar-refractivity contribution in [3.05, 3.63) is 87.9 Å². The van der Waals surface area contributed by atoms with Crippen LogP contribution in [-0.4, -0.2) is 18.6 Å². The van der Waals surface area contributed by atoms with Crippen molar-refractivity contribution in [2.45, 2.75) is 37.8 Å². The number of ether oxygens (including phenoxy) is 1. The summed E-state index contributed by atoms with van der Waals surface area (Å²) >= 11 is 0. The minimum atomic E-state index is -0.782. The van der Waals surface area contributed by atoms with Gasteiger partial charge in [-0.15, -0.1) is 4.91 Å². The van der Waals surface area contributed by atoms with Crippen LogP contribution in [0.15, 0.2) is 71.5 Å². The monoisotopic (exact) mass is 412 g/mol. The number of allylic oxidation sites excluding steroid dienone is 4. The molecule has 0 saturated carbocycles. The third kappa shape index (κ3) is 2.73. The molecule has 0 amide bonds. The van der Waals surface area contributed by atoms with E-state index in [0.717, 1.165) is 35.2 Å². The van der Waals surface area contributed by atoms with Crippen LogP contribution in [0, 0.1) is 4.91 Å². The van der Waals surface area contributed by atoms with E-state index in [1.807, 2.05) is 55.6 Å². The molecule has 1 unspecified atom stereocenters. The Kier molecular flexibility index (Phi) is 4.26. The van der Waals surface area contributed by atoms with Gasteiger partial charge >= 0.3 is 0 Å². The highest BCUT2D eigenvalue weighted by molar-refractivity contribution is 6.11. The van der Waals surface area contributed by atoms with E-state index in [1.165, 1.54) is 0 Å². The Balaban J connectivity index is 1.57. The molecule has 0 bridgehead atoms. The third-order valence-electron chi connectivity index (χ3n) is 6.80. The molecule has 2 aromatic rings. The van der Waals surface area contributed by atoms with Gasteiger partial charge in [-0.1, -0.05) is 18.2 Å². The number of carbonyl (C=O) groups excluding carboxylic acids is 1. The Morgan fingerprint density at radius 3 is 2.68 bits per heavy atom. The quantitative estimate of drug-likeness (QED) is 0.453. The minimum Gasteiger partial charge on any atom is -0.463 e. The first-order chi connectivity index (χ1) is 14.9. The molecular formula is C26H24N2O3. The van der Waals surface area contributed by atoms with Crippen molar-refractivity contribution in [2.24, 2.45) is 5.18 Å². The largest absolute Gasteiger partial charge is 0.463 e. The number of anilines is 1. The van der Waals surface area contributed by atoms with Crippen molar-refractivity contribution >= 4 is 23.2 Å². The molecule has 1 spiro atoms. The molecule has 5 nitrogen and oxygen atoms in total. The van der Waals surface area contributed by atoms with Crippen LogP contribution < -0.4 is 9.64 Å². The highest BCUT2D eigenvalue weighted by Crippen LogP contribution is 2.54. The lowest BCUT2D eigenvalue weighted by Gasteiger charge is -2.45. The molecule has 156 valence electrons. The topological polar surface area (TPSA) is 59.0 Å². The molecule has 2 aliphatic heterocycles. The van der Waals surface area contributed by atoms with Gasteiger partial charge in [0.05, 0.1) is 5.41 Å². The second kappa shape index (κ2) is 6.77. The maximum atomic E-state index is 13.1. The number of fused-ring (bicyclic) bond motifs is 2. The van der Waals surface area contributed by atoms with E-state index < -0.39 is 11.1 Å². The van der Waals surface area contributed by atoms with Gasteiger partial charge in [0.15, 0.2) is 5.78 Å². The summed E-state index contributed by atoms with van der Waals surface area (Å²) in [4.78, 5) is 26.2. The Labute approximate surface area is 181 Å². The molecule has 3 aliphatic rings. The van der Waals surface area contributed by atoms with E-state index in [-0.39, 0.29) is 5.78 Å². The fourth-order valence-corrected chi connectivity index (χ4v) is 4.94. The van der Waals surface area contributed by atoms with Crippen LogP contribution in [0.25, 0.3) is 6.08 Å². The molecule has 5 heteroatoms. The zero-order valence-corrected chi connectivity index (χ0v) is 17.9. The number of hydrogen-bond acceptors (Lipinski definition) is 5. The summed E-state index contributed by atoms with van der Waals surface area (Å²) in [6.07, 6.45) is 12.0. The fraction of sp³-hybridized carbons (Fsp3) is 0.269. The highest BCUT2D eigenvalue weighted by Gasteiger charge is 2.57. The van der Waals surface area contributed by atoms with E-state index in [0.29, 0.717) is 17.0 Å². The van der Waals surface area contributed by atoms with Crippen LogP contribution in [0.4, 0.5) is 11.4 Å². The third-order valence-corrected chi connectivity index (χ3v) is 6.80. The molecule has 0 aromatic heterocycles. The Bertz CT molecular complexity index is 1210. The zero-order valence-electron chi connectivity index (χ0n) is 17.9. The SMILES string of the molecule is CN1c2ccc(C(=O)C3=CCCC=C3)cc2C(C)(C)C12C=Cc1ccc(N=O)cc1O2. The van der Waals surface area contributed by atoms with Gasteiger partial charge in [-0.3, -0.25) is 4.79 Å². The second-order valence-corrected chi connectivity index (χ2v) is 8.83. The number of likely N-dealkylation sites (N-methyl/N-ethyl adjacent to an activating group) is 1. The molecule has 0 saturated heterocycles. The van der Waals surface area contributed by atoms with Gasteiger partial charge in [-0.2, -0.15) is 0 Å². The standard InChI is InChI=1S/C26H24N2O3/c1-25(2)21-15-19(24(29)18-7-5-4-6-8-18)10-12-22(21)28(3)26(25)14-13-17-9-11-20(27-30)16-23(17)31-26/h5,7-16H,4,6H2,1-3H3. The summed E-state index contributed by atoms with van der Waals surface area (Å²) in [6.45, 7) is 4.25. The number of hydrogen-bond donors (Lipinski definition) is 0. The summed E-state index contributed by atoms with van der Waals surface area (Å²) in [7, 11) is 2.00. The van der Waals surface area contributed by atoms with E-state index >= 15 is 0 Å². The maximum Gasteiger partial charge on any atom is 0.211 e. The smallest absolute Gasteiger partial charge is 0.211 e. The summed E-state index contributed by atoms with van der Waals surface area (Å²) < 4.78 is 6.58. The van der Waals surface area contributed by atoms with E-state index in [2.05, 4.69) is 30.0 Å². The molecule has 5 rings (SSSR count). The molecular weight excluding hydrogens is 388 g/mol. The van der Waals surface area contributed by atoms with Crippen LogP contribution >= 0.6 is 0 Å². The number of nitroso groups, excluding NO2 is 1. The number of benzene rings is 2. The van der Waals surface area contributed by atoms with Gasteiger partial charge in [-0.05, 0) is 79.9 Å². The average Bonchev–Trinajstić information content (AvgIpc) is 2.96. The van der Waals surface area contributed by atoms with Gasteiger partial charge < -0.3 is 9.64 Å². The molecule has 0 N–H and O–H groups in total. The highest BCUT2D eigenvalue weighted by atomic mass is 16.5. The van der Waals surface area contributed by atoms with Gasteiger partial charge in [0.1, 0.15) is 11.4 Å². The first-order valence-corrected chi connectivity index (χ1v) is 10.5. The Morgan fingerprint density at radius 1 is 1.10 bits per heavy atom. The normalized spacial score (nSPS) is 22.5. The maximum absolute atomic E-state index is 13.1. The summed E-state index contributed by atoms with van der Waals surface area (Å²) in [6, 6.07) is 11.1. The van der Waals surface area contributed by atoms with Crippen molar-refractivity contribution in [2.75, 3.05) is 11.9 Å². The summed E-state index contributed by atoms with van der Waals surface area (Å²) in [5.74, 6) is 0.673. The Morgan fingerprint density at radius 2 is 1.94 bits per heavy atom. The number of nitrogens with zero attached hydrogens (tertiary/aromatic N) is 2. The summed E-state index contributed by atoms with van der Waals surface area (Å²) in [5, 5.41) is 3.05. The van der Waals surface area contributed by atoms with E-state index in [4.69, 9.17) is 4.74 Å². The molecule has 1 aliphatic carbocycles. The number of rotatable bonds is 3. The van der Waals surface area contributed by atoms with E-state index in [1.54, 1.807) is 12.1 Å². The van der Waals surface area contributed by atoms with Crippen molar-refractivity contribution in [3.63, 3.8) is 0 Å². The van der Waals surface area contributed by atoms with Crippen LogP contribution in [0.2, 0.25) is 0 Å². The van der Waals surface area contributed by atoms with Gasteiger partial charge in [0, 0.05) is 35.5 Å². The van der Waals surface area contributed by atoms with Crippen LogP contribution in [0.5, 0.6) is 5.75 Å². The van der Waals surface area contributed by atoms with Crippen molar-refractivity contribution in [1.82, 2.24) is 0 Å². The van der Waals surface area contributed by atoms with Crippen molar-refractivity contribution in [3.8, 4) is 5.75 Å². The lowest BCUT2D eigenvalue weighted by molar-refractivity contribution is 0.0582. The van der Waals surface area contributed by atoms with Crippen molar-refractivity contribution < 1.29 is 9.53 Å². The van der Waals surface area contributed by atoms with Gasteiger partial charge in [0.2, 0.25) is 5.72 Å². The minimum absolute atomic E-state index is 0.0466. The number of Topliss-reactive ketones (excluding diaryl/α,β-unsaturated/α-hetero) is 1. The Hall–Kier alpha value is -3.47. The first-order valence-electron chi connectivity index (χ1n) is 10.5. The molecule has 0 fully saturated rings. The molecule has 2 heterocycles. The van der Waals surface area contributed by atoms with Gasteiger partial charge in [-0.25, -0.2) is 0 Å². The van der Waals surface area contributed by atoms with Crippen LogP contribution in [0.3, 0.4) is 0 Å². The lowest BCUT2D eigenvalue weighted by atomic mass is 9.75. The second-order valence-electron chi connectivity index (χ2n) is 8.83. The van der Waals surface area contributed by atoms with Crippen LogP contribution in [0.1, 0.15) is 48.2 Å². The summed E-state index contributed by atoms with van der Waals surface area (Å²) in [5.41, 5.74) is 3.52. The molecule has 0 radical (unpaired) electrons. The lowest BCUT2D eigenvalue weighted by Crippen LogP contribution is -2.58. The number of carbonyl (C=O) groups is 1. The fourth-order valence-electron chi connectivity index (χ4n) is 4.94. The van der Waals surface area contributed by atoms with Gasteiger partial charge in [0.25, 0.3) is 0 Å². The zero-order chi connectivity index (χ0) is 21.8. The van der Waals surface area contributed by atoms with Crippen LogP contribution in [-0.2, 0) is 5.41 Å².